The van der Waals surface area contributed by atoms with Crippen LogP contribution in [0.15, 0.2) is 42.5 Å². The van der Waals surface area contributed by atoms with Crippen molar-refractivity contribution in [1.29, 1.82) is 0 Å². The van der Waals surface area contributed by atoms with E-state index in [1.165, 1.54) is 36.8 Å². The molecule has 0 spiro atoms. The van der Waals surface area contributed by atoms with Gasteiger partial charge in [-0.2, -0.15) is 0 Å². The number of carbonyl (C=O) groups excluding carboxylic acids is 2. The second-order valence-electron chi connectivity index (χ2n) is 18.0. The SMILES string of the molecule is C=C(C)C1CCC2(C(=O)NCCN(C)C(C)=O)CCC3(C)C(CCC4C5(C)CC=C(c6ccc(C(=O)O)cc6)C(C)(C)C5CCC43C)C12. The van der Waals surface area contributed by atoms with Gasteiger partial charge in [0.25, 0.3) is 0 Å². The van der Waals surface area contributed by atoms with Gasteiger partial charge in [-0.05, 0) is 139 Å². The monoisotopic (exact) mass is 656 g/mol. The molecule has 4 fully saturated rings. The van der Waals surface area contributed by atoms with Gasteiger partial charge in [0.2, 0.25) is 11.8 Å². The fourth-order valence-electron chi connectivity index (χ4n) is 13.1. The lowest BCUT2D eigenvalue weighted by Crippen LogP contribution is -2.66. The van der Waals surface area contributed by atoms with Crippen molar-refractivity contribution < 1.29 is 19.5 Å². The van der Waals surface area contributed by atoms with Crippen LogP contribution in [0.3, 0.4) is 0 Å². The summed E-state index contributed by atoms with van der Waals surface area (Å²) in [5.74, 6) is 1.66. The molecule has 1 aromatic rings. The Morgan fingerprint density at radius 1 is 0.896 bits per heavy atom. The first kappa shape index (κ1) is 35.0. The van der Waals surface area contributed by atoms with E-state index in [0.717, 1.165) is 37.7 Å². The Morgan fingerprint density at radius 2 is 1.58 bits per heavy atom. The summed E-state index contributed by atoms with van der Waals surface area (Å²) < 4.78 is 0. The standard InChI is InChI=1S/C42H60N2O4/c1-26(2)30-16-21-42(37(48)43-24-25-44(9)27(3)45)23-22-40(7)32(35(30)42)14-15-34-39(6)19-17-31(28-10-12-29(13-11-28)36(46)47)38(4,5)33(39)18-20-41(34,40)8/h10-13,17,30,32-35H,1,14-16,18-25H2,2-9H3,(H,43,48)(H,46,47). The number of likely N-dealkylation sites (N-methyl/N-ethyl adjacent to an activating group) is 1. The van der Waals surface area contributed by atoms with Crippen molar-refractivity contribution in [3.05, 3.63) is 53.6 Å². The zero-order valence-corrected chi connectivity index (χ0v) is 30.9. The quantitative estimate of drug-likeness (QED) is 0.288. The zero-order valence-electron chi connectivity index (χ0n) is 30.9. The predicted octanol–water partition coefficient (Wildman–Crippen LogP) is 8.63. The number of carboxylic acids is 1. The highest BCUT2D eigenvalue weighted by Gasteiger charge is 2.71. The number of aromatic carboxylic acids is 1. The lowest BCUT2D eigenvalue weighted by atomic mass is 9.32. The summed E-state index contributed by atoms with van der Waals surface area (Å²) in [6.45, 7) is 22.0. The highest BCUT2D eigenvalue weighted by molar-refractivity contribution is 5.88. The molecule has 0 saturated heterocycles. The second kappa shape index (κ2) is 11.9. The number of hydrogen-bond donors (Lipinski definition) is 2. The van der Waals surface area contributed by atoms with Gasteiger partial charge in [-0.1, -0.05) is 65.0 Å². The number of benzene rings is 1. The van der Waals surface area contributed by atoms with E-state index >= 15 is 0 Å². The maximum Gasteiger partial charge on any atom is 0.335 e. The lowest BCUT2D eigenvalue weighted by molar-refractivity contribution is -0.225. The third-order valence-electron chi connectivity index (χ3n) is 15.8. The first-order valence-corrected chi connectivity index (χ1v) is 18.6. The van der Waals surface area contributed by atoms with Gasteiger partial charge in [0.1, 0.15) is 0 Å². The molecule has 262 valence electrons. The van der Waals surface area contributed by atoms with Crippen LogP contribution in [0, 0.1) is 56.7 Å². The van der Waals surface area contributed by atoms with Gasteiger partial charge >= 0.3 is 5.97 Å². The third kappa shape index (κ3) is 4.96. The Labute approximate surface area is 289 Å². The first-order valence-electron chi connectivity index (χ1n) is 18.6. The molecule has 0 aromatic heterocycles. The fourth-order valence-corrected chi connectivity index (χ4v) is 13.1. The van der Waals surface area contributed by atoms with Crippen LogP contribution >= 0.6 is 0 Å². The van der Waals surface area contributed by atoms with Crippen LogP contribution in [0.25, 0.3) is 5.57 Å². The van der Waals surface area contributed by atoms with Crippen molar-refractivity contribution in [2.75, 3.05) is 20.1 Å². The Kier molecular flexibility index (Phi) is 8.64. The van der Waals surface area contributed by atoms with Crippen molar-refractivity contribution in [3.63, 3.8) is 0 Å². The number of carbonyl (C=O) groups is 3. The third-order valence-corrected chi connectivity index (χ3v) is 15.8. The van der Waals surface area contributed by atoms with E-state index in [1.807, 2.05) is 12.1 Å². The van der Waals surface area contributed by atoms with Gasteiger partial charge in [0.05, 0.1) is 11.0 Å². The molecule has 6 nitrogen and oxygen atoms in total. The highest BCUT2D eigenvalue weighted by atomic mass is 16.4. The molecular formula is C42H60N2O4. The Hall–Kier alpha value is -2.89. The van der Waals surface area contributed by atoms with Gasteiger partial charge in [0, 0.05) is 27.1 Å². The Morgan fingerprint density at radius 3 is 2.21 bits per heavy atom. The van der Waals surface area contributed by atoms with E-state index < -0.39 is 5.97 Å². The molecular weight excluding hydrogens is 596 g/mol. The Bertz CT molecular complexity index is 1530. The van der Waals surface area contributed by atoms with Crippen molar-refractivity contribution in [1.82, 2.24) is 10.2 Å². The number of fused-ring (bicyclic) bond motifs is 7. The zero-order chi connectivity index (χ0) is 35.0. The summed E-state index contributed by atoms with van der Waals surface area (Å²) in [4.78, 5) is 39.3. The maximum atomic E-state index is 14.3. The molecule has 1 aromatic carbocycles. The van der Waals surface area contributed by atoms with E-state index in [9.17, 15) is 19.5 Å². The molecule has 5 aliphatic carbocycles. The van der Waals surface area contributed by atoms with Crippen molar-refractivity contribution in [3.8, 4) is 0 Å². The molecule has 4 saturated carbocycles. The summed E-state index contributed by atoms with van der Waals surface area (Å²) in [6.07, 6.45) is 12.3. The minimum absolute atomic E-state index is 0.0211. The van der Waals surface area contributed by atoms with Gasteiger partial charge in [0.15, 0.2) is 0 Å². The average Bonchev–Trinajstić information content (AvgIpc) is 3.42. The summed E-state index contributed by atoms with van der Waals surface area (Å²) in [7, 11) is 1.80. The molecule has 0 heterocycles. The number of rotatable bonds is 7. The fraction of sp³-hybridized carbons (Fsp3) is 0.690. The van der Waals surface area contributed by atoms with Crippen molar-refractivity contribution in [2.45, 2.75) is 106 Å². The maximum absolute atomic E-state index is 14.3. The molecule has 0 radical (unpaired) electrons. The number of allylic oxidation sites excluding steroid dienone is 3. The second-order valence-corrected chi connectivity index (χ2v) is 18.0. The molecule has 6 rings (SSSR count). The molecule has 6 heteroatoms. The van der Waals surface area contributed by atoms with Crippen LogP contribution < -0.4 is 5.32 Å². The van der Waals surface area contributed by atoms with Crippen LogP contribution in [0.1, 0.15) is 122 Å². The van der Waals surface area contributed by atoms with Crippen LogP contribution in [0.5, 0.6) is 0 Å². The number of hydrogen-bond acceptors (Lipinski definition) is 3. The number of carboxylic acid groups (broad SMARTS) is 1. The van der Waals surface area contributed by atoms with E-state index in [1.54, 1.807) is 31.0 Å². The smallest absolute Gasteiger partial charge is 0.335 e. The van der Waals surface area contributed by atoms with Gasteiger partial charge in [-0.15, -0.1) is 0 Å². The summed E-state index contributed by atoms with van der Waals surface area (Å²) in [5, 5.41) is 12.8. The Balaban J connectivity index is 1.31. The predicted molar refractivity (Wildman–Crippen MR) is 192 cm³/mol. The largest absolute Gasteiger partial charge is 0.478 e. The minimum Gasteiger partial charge on any atom is -0.478 e. The van der Waals surface area contributed by atoms with E-state index in [2.05, 4.69) is 59.5 Å². The van der Waals surface area contributed by atoms with Crippen LogP contribution in [0.4, 0.5) is 0 Å². The number of amides is 2. The van der Waals surface area contributed by atoms with E-state index in [-0.39, 0.29) is 38.9 Å². The topological polar surface area (TPSA) is 86.7 Å². The van der Waals surface area contributed by atoms with Crippen LogP contribution in [0.2, 0.25) is 0 Å². The number of nitrogens with zero attached hydrogens (tertiary/aromatic N) is 1. The first-order chi connectivity index (χ1) is 22.4. The normalized spacial score (nSPS) is 39.5. The van der Waals surface area contributed by atoms with Crippen LogP contribution in [-0.2, 0) is 9.59 Å². The van der Waals surface area contributed by atoms with E-state index in [0.29, 0.717) is 48.2 Å². The summed E-state index contributed by atoms with van der Waals surface area (Å²) in [5.41, 5.74) is 4.21. The molecule has 5 aliphatic rings. The molecule has 2 amide bonds. The van der Waals surface area contributed by atoms with Gasteiger partial charge < -0.3 is 15.3 Å². The molecule has 0 aliphatic heterocycles. The molecule has 0 bridgehead atoms. The number of nitrogens with one attached hydrogen (secondary N) is 1. The van der Waals surface area contributed by atoms with Gasteiger partial charge in [-0.25, -0.2) is 4.79 Å². The van der Waals surface area contributed by atoms with Crippen molar-refractivity contribution >= 4 is 23.4 Å². The lowest BCUT2D eigenvalue weighted by Gasteiger charge is -2.72. The summed E-state index contributed by atoms with van der Waals surface area (Å²) >= 11 is 0. The minimum atomic E-state index is -0.882. The van der Waals surface area contributed by atoms with Crippen molar-refractivity contribution in [2.24, 2.45) is 56.7 Å². The van der Waals surface area contributed by atoms with E-state index in [4.69, 9.17) is 0 Å². The molecule has 9 unspecified atom stereocenters. The highest BCUT2D eigenvalue weighted by Crippen LogP contribution is 2.77. The summed E-state index contributed by atoms with van der Waals surface area (Å²) in [6, 6.07) is 7.50. The van der Waals surface area contributed by atoms with Crippen LogP contribution in [-0.4, -0.2) is 47.9 Å². The molecule has 9 atom stereocenters. The molecule has 2 N–H and O–H groups in total. The van der Waals surface area contributed by atoms with Gasteiger partial charge in [-0.3, -0.25) is 9.59 Å². The molecule has 48 heavy (non-hydrogen) atoms. The average molecular weight is 657 g/mol.